The van der Waals surface area contributed by atoms with Gasteiger partial charge in [-0.15, -0.1) is 0 Å². The Morgan fingerprint density at radius 1 is 0.913 bits per heavy atom. The van der Waals surface area contributed by atoms with E-state index in [1.54, 1.807) is 12.5 Å². The highest BCUT2D eigenvalue weighted by molar-refractivity contribution is 6.13. The molecule has 0 saturated carbocycles. The molecule has 0 unspecified atom stereocenters. The first-order chi connectivity index (χ1) is 11.3. The predicted octanol–water partition coefficient (Wildman–Crippen LogP) is 3.86. The lowest BCUT2D eigenvalue weighted by molar-refractivity contribution is 0.103. The van der Waals surface area contributed by atoms with Crippen LogP contribution in [-0.2, 0) is 0 Å². The first-order valence-corrected chi connectivity index (χ1v) is 7.31. The van der Waals surface area contributed by atoms with E-state index in [1.165, 1.54) is 0 Å². The Balaban J connectivity index is 1.82. The Bertz CT molecular complexity index is 990. The van der Waals surface area contributed by atoms with E-state index in [9.17, 15) is 4.79 Å². The van der Waals surface area contributed by atoms with Crippen molar-refractivity contribution in [2.24, 2.45) is 0 Å². The van der Waals surface area contributed by atoms with Crippen molar-refractivity contribution in [2.45, 2.75) is 0 Å². The molecule has 0 radical (unpaired) electrons. The van der Waals surface area contributed by atoms with Crippen LogP contribution >= 0.6 is 0 Å². The van der Waals surface area contributed by atoms with Crippen molar-refractivity contribution < 1.29 is 4.79 Å². The lowest BCUT2D eigenvalue weighted by atomic mass is 9.96. The fourth-order valence-corrected chi connectivity index (χ4v) is 2.66. The molecule has 0 aliphatic carbocycles. The van der Waals surface area contributed by atoms with Crippen LogP contribution in [-0.4, -0.2) is 20.7 Å². The Morgan fingerprint density at radius 2 is 1.78 bits per heavy atom. The second-order valence-electron chi connectivity index (χ2n) is 5.22. The number of hydrogen-bond acceptors (Lipinski definition) is 3. The molecule has 2 aromatic carbocycles. The van der Waals surface area contributed by atoms with Gasteiger partial charge in [-0.25, -0.2) is 4.98 Å². The molecule has 0 aliphatic rings. The van der Waals surface area contributed by atoms with Crippen LogP contribution in [0.5, 0.6) is 0 Å². The van der Waals surface area contributed by atoms with Crippen LogP contribution in [0.4, 0.5) is 0 Å². The van der Waals surface area contributed by atoms with Crippen LogP contribution in [0.25, 0.3) is 22.3 Å². The van der Waals surface area contributed by atoms with Crippen molar-refractivity contribution in [3.63, 3.8) is 0 Å². The van der Waals surface area contributed by atoms with Gasteiger partial charge in [-0.2, -0.15) is 0 Å². The first-order valence-electron chi connectivity index (χ1n) is 7.31. The molecule has 2 heterocycles. The minimum atomic E-state index is -0.0313. The average molecular weight is 299 g/mol. The maximum Gasteiger partial charge on any atom is 0.193 e. The highest BCUT2D eigenvalue weighted by atomic mass is 16.1. The van der Waals surface area contributed by atoms with Gasteiger partial charge < -0.3 is 4.98 Å². The lowest BCUT2D eigenvalue weighted by Crippen LogP contribution is -2.04. The van der Waals surface area contributed by atoms with Crippen LogP contribution in [0.15, 0.2) is 73.2 Å². The SMILES string of the molecule is O=C(c1ccc2[nH]cnc2c1)c1ccccc1-c1ccccn1. The fourth-order valence-electron chi connectivity index (χ4n) is 2.66. The van der Waals surface area contributed by atoms with E-state index >= 15 is 0 Å². The van der Waals surface area contributed by atoms with Crippen molar-refractivity contribution in [3.8, 4) is 11.3 Å². The summed E-state index contributed by atoms with van der Waals surface area (Å²) in [6, 6.07) is 18.7. The smallest absolute Gasteiger partial charge is 0.193 e. The van der Waals surface area contributed by atoms with E-state index in [0.29, 0.717) is 11.1 Å². The van der Waals surface area contributed by atoms with Gasteiger partial charge in [0.1, 0.15) is 0 Å². The number of hydrogen-bond donors (Lipinski definition) is 1. The third kappa shape index (κ3) is 2.40. The lowest BCUT2D eigenvalue weighted by Gasteiger charge is -2.08. The molecule has 0 spiro atoms. The highest BCUT2D eigenvalue weighted by Gasteiger charge is 2.15. The summed E-state index contributed by atoms with van der Waals surface area (Å²) in [5.74, 6) is -0.0313. The standard InChI is InChI=1S/C19H13N3O/c23-19(13-8-9-17-18(11-13)22-12-21-17)15-6-2-1-5-14(15)16-7-3-4-10-20-16/h1-12H,(H,21,22). The van der Waals surface area contributed by atoms with Gasteiger partial charge in [0.05, 0.1) is 23.1 Å². The molecule has 1 N–H and O–H groups in total. The molecule has 2 aromatic heterocycles. The van der Waals surface area contributed by atoms with Gasteiger partial charge >= 0.3 is 0 Å². The Kier molecular flexibility index (Phi) is 3.20. The molecule has 0 fully saturated rings. The largest absolute Gasteiger partial charge is 0.345 e. The minimum Gasteiger partial charge on any atom is -0.345 e. The van der Waals surface area contributed by atoms with Crippen molar-refractivity contribution in [1.29, 1.82) is 0 Å². The monoisotopic (exact) mass is 299 g/mol. The molecule has 0 bridgehead atoms. The Labute approximate surface area is 132 Å². The third-order valence-electron chi connectivity index (χ3n) is 3.80. The number of benzene rings is 2. The number of imidazole rings is 1. The number of nitrogens with one attached hydrogen (secondary N) is 1. The van der Waals surface area contributed by atoms with Gasteiger partial charge in [0.15, 0.2) is 5.78 Å². The van der Waals surface area contributed by atoms with Crippen molar-refractivity contribution in [1.82, 2.24) is 15.0 Å². The summed E-state index contributed by atoms with van der Waals surface area (Å²) in [7, 11) is 0. The van der Waals surface area contributed by atoms with Crippen LogP contribution in [0.1, 0.15) is 15.9 Å². The number of H-pyrrole nitrogens is 1. The topological polar surface area (TPSA) is 58.6 Å². The zero-order valence-electron chi connectivity index (χ0n) is 12.2. The maximum atomic E-state index is 12.9. The van der Waals surface area contributed by atoms with E-state index in [0.717, 1.165) is 22.3 Å². The van der Waals surface area contributed by atoms with Gasteiger partial charge in [-0.3, -0.25) is 9.78 Å². The number of aromatic amines is 1. The molecule has 0 aliphatic heterocycles. The van der Waals surface area contributed by atoms with E-state index in [2.05, 4.69) is 15.0 Å². The highest BCUT2D eigenvalue weighted by Crippen LogP contribution is 2.24. The van der Waals surface area contributed by atoms with E-state index < -0.39 is 0 Å². The molecular formula is C19H13N3O. The molecule has 0 amide bonds. The zero-order chi connectivity index (χ0) is 15.6. The predicted molar refractivity (Wildman–Crippen MR) is 89.2 cm³/mol. The quantitative estimate of drug-likeness (QED) is 0.584. The van der Waals surface area contributed by atoms with E-state index in [4.69, 9.17) is 0 Å². The van der Waals surface area contributed by atoms with Gasteiger partial charge in [-0.05, 0) is 30.3 Å². The number of fused-ring (bicyclic) bond motifs is 1. The van der Waals surface area contributed by atoms with Gasteiger partial charge in [0, 0.05) is 22.9 Å². The summed E-state index contributed by atoms with van der Waals surface area (Å²) in [4.78, 5) is 24.5. The number of carbonyl (C=O) groups excluding carboxylic acids is 1. The molecule has 4 rings (SSSR count). The molecule has 23 heavy (non-hydrogen) atoms. The van der Waals surface area contributed by atoms with Gasteiger partial charge in [-0.1, -0.05) is 30.3 Å². The second-order valence-corrected chi connectivity index (χ2v) is 5.22. The summed E-state index contributed by atoms with van der Waals surface area (Å²) in [6.45, 7) is 0. The molecule has 110 valence electrons. The van der Waals surface area contributed by atoms with Crippen molar-refractivity contribution >= 4 is 16.8 Å². The number of rotatable bonds is 3. The van der Waals surface area contributed by atoms with Gasteiger partial charge in [0.25, 0.3) is 0 Å². The fraction of sp³-hybridized carbons (Fsp3) is 0. The van der Waals surface area contributed by atoms with Crippen LogP contribution in [0.3, 0.4) is 0 Å². The molecular weight excluding hydrogens is 286 g/mol. The van der Waals surface area contributed by atoms with Crippen molar-refractivity contribution in [2.75, 3.05) is 0 Å². The summed E-state index contributed by atoms with van der Waals surface area (Å²) in [5, 5.41) is 0. The normalized spacial score (nSPS) is 10.8. The molecule has 4 nitrogen and oxygen atoms in total. The van der Waals surface area contributed by atoms with Crippen LogP contribution < -0.4 is 0 Å². The zero-order valence-corrected chi connectivity index (χ0v) is 12.2. The van der Waals surface area contributed by atoms with Gasteiger partial charge in [0.2, 0.25) is 0 Å². The van der Waals surface area contributed by atoms with E-state index in [1.807, 2.05) is 60.7 Å². The summed E-state index contributed by atoms with van der Waals surface area (Å²) in [6.07, 6.45) is 3.35. The number of ketones is 1. The number of aromatic nitrogens is 3. The molecule has 0 atom stereocenters. The average Bonchev–Trinajstić information content (AvgIpc) is 3.09. The maximum absolute atomic E-state index is 12.9. The molecule has 4 heteroatoms. The van der Waals surface area contributed by atoms with Crippen molar-refractivity contribution in [3.05, 3.63) is 84.3 Å². The molecule has 4 aromatic rings. The summed E-state index contributed by atoms with van der Waals surface area (Å²) >= 11 is 0. The minimum absolute atomic E-state index is 0.0313. The van der Waals surface area contributed by atoms with Crippen LogP contribution in [0.2, 0.25) is 0 Å². The summed E-state index contributed by atoms with van der Waals surface area (Å²) < 4.78 is 0. The first kappa shape index (κ1) is 13.4. The Morgan fingerprint density at radius 3 is 2.65 bits per heavy atom. The number of carbonyl (C=O) groups is 1. The second kappa shape index (κ2) is 5.50. The summed E-state index contributed by atoms with van der Waals surface area (Å²) in [5.41, 5.74) is 4.58. The third-order valence-corrected chi connectivity index (χ3v) is 3.80. The van der Waals surface area contributed by atoms with E-state index in [-0.39, 0.29) is 5.78 Å². The number of nitrogens with zero attached hydrogens (tertiary/aromatic N) is 2. The Hall–Kier alpha value is -3.27. The number of pyridine rings is 1. The van der Waals surface area contributed by atoms with Crippen LogP contribution in [0, 0.1) is 0 Å². The molecule has 0 saturated heterocycles.